The van der Waals surface area contributed by atoms with Crippen LogP contribution in [0.2, 0.25) is 0 Å². The Hall–Kier alpha value is -1.88. The van der Waals surface area contributed by atoms with E-state index in [1.165, 1.54) is 12.3 Å². The number of hydrazine groups is 1. The van der Waals surface area contributed by atoms with Crippen LogP contribution in [0, 0.1) is 0 Å². The Bertz CT molecular complexity index is 403. The molecule has 0 radical (unpaired) electrons. The highest BCUT2D eigenvalue weighted by molar-refractivity contribution is 5.98. The van der Waals surface area contributed by atoms with Gasteiger partial charge in [0.1, 0.15) is 0 Å². The SMILES string of the molecule is CON(c1ccccc1)N1C(=O)CCCC1=O. The minimum Gasteiger partial charge on any atom is -0.272 e. The molecule has 0 aromatic heterocycles. The summed E-state index contributed by atoms with van der Waals surface area (Å²) in [6, 6.07) is 9.05. The van der Waals surface area contributed by atoms with Gasteiger partial charge in [0.2, 0.25) is 11.8 Å². The lowest BCUT2D eigenvalue weighted by atomic mass is 10.1. The van der Waals surface area contributed by atoms with Crippen molar-refractivity contribution in [2.75, 3.05) is 12.3 Å². The van der Waals surface area contributed by atoms with Gasteiger partial charge in [0.05, 0.1) is 12.8 Å². The normalized spacial score (nSPS) is 16.2. The monoisotopic (exact) mass is 234 g/mol. The van der Waals surface area contributed by atoms with E-state index in [4.69, 9.17) is 4.84 Å². The fourth-order valence-corrected chi connectivity index (χ4v) is 1.80. The molecule has 0 N–H and O–H groups in total. The number of carbonyl (C=O) groups is 2. The maximum absolute atomic E-state index is 11.8. The van der Waals surface area contributed by atoms with E-state index < -0.39 is 0 Å². The summed E-state index contributed by atoms with van der Waals surface area (Å²) in [4.78, 5) is 28.7. The molecule has 5 nitrogen and oxygen atoms in total. The summed E-state index contributed by atoms with van der Waals surface area (Å²) in [6.07, 6.45) is 1.36. The van der Waals surface area contributed by atoms with Gasteiger partial charge in [-0.2, -0.15) is 10.2 Å². The number of benzene rings is 1. The van der Waals surface area contributed by atoms with E-state index in [1.807, 2.05) is 18.2 Å². The Morgan fingerprint density at radius 3 is 2.24 bits per heavy atom. The molecule has 5 heteroatoms. The fourth-order valence-electron chi connectivity index (χ4n) is 1.80. The Balaban J connectivity index is 2.29. The number of piperidine rings is 1. The van der Waals surface area contributed by atoms with Crippen molar-refractivity contribution >= 4 is 17.5 Å². The predicted molar refractivity (Wildman–Crippen MR) is 61.6 cm³/mol. The molecule has 0 bridgehead atoms. The van der Waals surface area contributed by atoms with Crippen molar-refractivity contribution in [3.05, 3.63) is 30.3 Å². The lowest BCUT2D eigenvalue weighted by molar-refractivity contribution is -0.156. The van der Waals surface area contributed by atoms with Crippen LogP contribution < -0.4 is 5.17 Å². The third-order valence-electron chi connectivity index (χ3n) is 2.59. The Morgan fingerprint density at radius 1 is 1.12 bits per heavy atom. The lowest BCUT2D eigenvalue weighted by Gasteiger charge is -2.34. The number of imide groups is 1. The van der Waals surface area contributed by atoms with Crippen molar-refractivity contribution in [2.45, 2.75) is 19.3 Å². The second kappa shape index (κ2) is 4.97. The van der Waals surface area contributed by atoms with Crippen LogP contribution >= 0.6 is 0 Å². The Kier molecular flexibility index (Phi) is 3.39. The van der Waals surface area contributed by atoms with Gasteiger partial charge >= 0.3 is 0 Å². The minimum atomic E-state index is -0.230. The molecule has 1 aliphatic rings. The van der Waals surface area contributed by atoms with Crippen molar-refractivity contribution in [3.8, 4) is 0 Å². The van der Waals surface area contributed by atoms with Crippen LogP contribution in [0.25, 0.3) is 0 Å². The highest BCUT2D eigenvalue weighted by atomic mass is 16.7. The average molecular weight is 234 g/mol. The third kappa shape index (κ3) is 2.29. The third-order valence-corrected chi connectivity index (χ3v) is 2.59. The molecule has 2 rings (SSSR count). The number of carbonyl (C=O) groups excluding carboxylic acids is 2. The van der Waals surface area contributed by atoms with Crippen LogP contribution in [0.15, 0.2) is 30.3 Å². The van der Waals surface area contributed by atoms with Crippen molar-refractivity contribution in [1.82, 2.24) is 5.01 Å². The van der Waals surface area contributed by atoms with E-state index in [-0.39, 0.29) is 11.8 Å². The van der Waals surface area contributed by atoms with Crippen LogP contribution in [0.4, 0.5) is 5.69 Å². The first-order chi connectivity index (χ1) is 8.24. The molecule has 1 heterocycles. The molecule has 17 heavy (non-hydrogen) atoms. The first-order valence-corrected chi connectivity index (χ1v) is 5.49. The summed E-state index contributed by atoms with van der Waals surface area (Å²) in [5, 5.41) is 2.31. The smallest absolute Gasteiger partial charge is 0.250 e. The van der Waals surface area contributed by atoms with Crippen molar-refractivity contribution in [2.24, 2.45) is 0 Å². The number of anilines is 1. The lowest BCUT2D eigenvalue weighted by Crippen LogP contribution is -2.51. The first-order valence-electron chi connectivity index (χ1n) is 5.49. The van der Waals surface area contributed by atoms with Gasteiger partial charge in [-0.3, -0.25) is 14.4 Å². The standard InChI is InChI=1S/C12H14N2O3/c1-17-14(10-6-3-2-4-7-10)13-11(15)8-5-9-12(13)16/h2-4,6-7H,5,8-9H2,1H3. The van der Waals surface area contributed by atoms with E-state index in [1.54, 1.807) is 12.1 Å². The molecule has 0 unspecified atom stereocenters. The Labute approximate surface area is 99.5 Å². The molecule has 1 aromatic carbocycles. The summed E-state index contributed by atoms with van der Waals surface area (Å²) in [6.45, 7) is 0. The summed E-state index contributed by atoms with van der Waals surface area (Å²) in [5.41, 5.74) is 0.651. The predicted octanol–water partition coefficient (Wildman–Crippen LogP) is 1.51. The molecular formula is C12H14N2O3. The summed E-state index contributed by atoms with van der Waals surface area (Å²) >= 11 is 0. The van der Waals surface area contributed by atoms with Crippen LogP contribution in [-0.2, 0) is 14.4 Å². The molecule has 0 spiro atoms. The zero-order valence-corrected chi connectivity index (χ0v) is 9.63. The maximum Gasteiger partial charge on any atom is 0.250 e. The van der Waals surface area contributed by atoms with Gasteiger partial charge in [-0.05, 0) is 18.6 Å². The summed E-state index contributed by atoms with van der Waals surface area (Å²) in [5.74, 6) is -0.459. The van der Waals surface area contributed by atoms with E-state index in [0.717, 1.165) is 5.01 Å². The van der Waals surface area contributed by atoms with Gasteiger partial charge in [0, 0.05) is 12.8 Å². The molecule has 2 amide bonds. The van der Waals surface area contributed by atoms with Gasteiger partial charge in [0.15, 0.2) is 0 Å². The number of rotatable bonds is 3. The number of hydrogen-bond acceptors (Lipinski definition) is 4. The topological polar surface area (TPSA) is 49.9 Å². The highest BCUT2D eigenvalue weighted by Gasteiger charge is 2.32. The zero-order valence-electron chi connectivity index (χ0n) is 9.63. The van der Waals surface area contributed by atoms with E-state index >= 15 is 0 Å². The molecule has 90 valence electrons. The van der Waals surface area contributed by atoms with E-state index in [2.05, 4.69) is 0 Å². The number of para-hydroxylation sites is 1. The fraction of sp³-hybridized carbons (Fsp3) is 0.333. The zero-order chi connectivity index (χ0) is 12.3. The molecule has 1 fully saturated rings. The Morgan fingerprint density at radius 2 is 1.71 bits per heavy atom. The number of hydrogen-bond donors (Lipinski definition) is 0. The second-order valence-corrected chi connectivity index (χ2v) is 3.74. The van der Waals surface area contributed by atoms with Gasteiger partial charge in [0.25, 0.3) is 0 Å². The quantitative estimate of drug-likeness (QED) is 0.587. The second-order valence-electron chi connectivity index (χ2n) is 3.74. The first kappa shape index (κ1) is 11.6. The van der Waals surface area contributed by atoms with E-state index in [9.17, 15) is 9.59 Å². The molecule has 0 atom stereocenters. The maximum atomic E-state index is 11.8. The van der Waals surface area contributed by atoms with Crippen LogP contribution in [0.1, 0.15) is 19.3 Å². The summed E-state index contributed by atoms with van der Waals surface area (Å²) in [7, 11) is 1.43. The minimum absolute atomic E-state index is 0.230. The van der Waals surface area contributed by atoms with Crippen LogP contribution in [-0.4, -0.2) is 23.9 Å². The van der Waals surface area contributed by atoms with Gasteiger partial charge in [-0.15, -0.1) is 0 Å². The van der Waals surface area contributed by atoms with Gasteiger partial charge in [-0.25, -0.2) is 0 Å². The van der Waals surface area contributed by atoms with Crippen molar-refractivity contribution in [1.29, 1.82) is 0 Å². The number of amides is 2. The molecular weight excluding hydrogens is 220 g/mol. The van der Waals surface area contributed by atoms with Crippen LogP contribution in [0.3, 0.4) is 0 Å². The molecule has 1 aromatic rings. The molecule has 0 aliphatic carbocycles. The average Bonchev–Trinajstić information content (AvgIpc) is 2.35. The molecule has 0 saturated carbocycles. The molecule has 1 aliphatic heterocycles. The number of nitrogens with zero attached hydrogens (tertiary/aromatic N) is 2. The van der Waals surface area contributed by atoms with E-state index in [0.29, 0.717) is 24.9 Å². The highest BCUT2D eigenvalue weighted by Crippen LogP contribution is 2.21. The van der Waals surface area contributed by atoms with Gasteiger partial charge in [-0.1, -0.05) is 18.2 Å². The molecule has 1 saturated heterocycles. The van der Waals surface area contributed by atoms with Crippen molar-refractivity contribution < 1.29 is 14.4 Å². The van der Waals surface area contributed by atoms with Crippen molar-refractivity contribution in [3.63, 3.8) is 0 Å². The van der Waals surface area contributed by atoms with Gasteiger partial charge < -0.3 is 0 Å². The van der Waals surface area contributed by atoms with Crippen LogP contribution in [0.5, 0.6) is 0 Å². The summed E-state index contributed by atoms with van der Waals surface area (Å²) < 4.78 is 0. The largest absolute Gasteiger partial charge is 0.272 e.